The van der Waals surface area contributed by atoms with Crippen LogP contribution in [0.1, 0.15) is 21.6 Å². The number of rotatable bonds is 3. The SMILES string of the molecule is COc1cccc(C(=O)Nc2n[nH]c3c2CCN(C)C3)c1. The van der Waals surface area contributed by atoms with Crippen molar-refractivity contribution >= 4 is 11.7 Å². The number of carbonyl (C=O) groups excluding carboxylic acids is 1. The average Bonchev–Trinajstić information content (AvgIpc) is 2.89. The fourth-order valence-corrected chi connectivity index (χ4v) is 2.50. The van der Waals surface area contributed by atoms with Crippen molar-refractivity contribution < 1.29 is 9.53 Å². The monoisotopic (exact) mass is 286 g/mol. The number of nitrogens with zero attached hydrogens (tertiary/aromatic N) is 2. The molecule has 0 bridgehead atoms. The van der Waals surface area contributed by atoms with E-state index in [1.807, 2.05) is 6.07 Å². The molecule has 0 atom stereocenters. The minimum Gasteiger partial charge on any atom is -0.497 e. The molecule has 0 saturated carbocycles. The second-order valence-corrected chi connectivity index (χ2v) is 5.20. The fraction of sp³-hybridized carbons (Fsp3) is 0.333. The Kier molecular flexibility index (Phi) is 3.62. The number of ether oxygens (including phenoxy) is 1. The molecule has 1 aromatic heterocycles. The average molecular weight is 286 g/mol. The zero-order valence-corrected chi connectivity index (χ0v) is 12.1. The second-order valence-electron chi connectivity index (χ2n) is 5.20. The van der Waals surface area contributed by atoms with Gasteiger partial charge in [-0.15, -0.1) is 0 Å². The molecule has 1 aliphatic heterocycles. The molecule has 0 radical (unpaired) electrons. The van der Waals surface area contributed by atoms with Gasteiger partial charge in [-0.2, -0.15) is 5.10 Å². The topological polar surface area (TPSA) is 70.2 Å². The van der Waals surface area contributed by atoms with Crippen LogP contribution in [0.4, 0.5) is 5.82 Å². The number of likely N-dealkylation sites (N-methyl/N-ethyl adjacent to an activating group) is 1. The molecular formula is C15H18N4O2. The highest BCUT2D eigenvalue weighted by Gasteiger charge is 2.21. The highest BCUT2D eigenvalue weighted by atomic mass is 16.5. The predicted octanol–water partition coefficient (Wildman–Crippen LogP) is 1.66. The van der Waals surface area contributed by atoms with Gasteiger partial charge in [-0.1, -0.05) is 6.07 Å². The summed E-state index contributed by atoms with van der Waals surface area (Å²) in [4.78, 5) is 14.5. The van der Waals surface area contributed by atoms with Gasteiger partial charge in [0.05, 0.1) is 12.8 Å². The number of anilines is 1. The molecule has 21 heavy (non-hydrogen) atoms. The summed E-state index contributed by atoms with van der Waals surface area (Å²) in [5.74, 6) is 1.11. The minimum atomic E-state index is -0.179. The molecule has 0 spiro atoms. The Balaban J connectivity index is 1.79. The summed E-state index contributed by atoms with van der Waals surface area (Å²) >= 11 is 0. The summed E-state index contributed by atoms with van der Waals surface area (Å²) in [7, 11) is 3.65. The van der Waals surface area contributed by atoms with Gasteiger partial charge >= 0.3 is 0 Å². The number of methoxy groups -OCH3 is 1. The zero-order valence-electron chi connectivity index (χ0n) is 12.1. The molecule has 1 amide bonds. The van der Waals surface area contributed by atoms with E-state index in [1.54, 1.807) is 25.3 Å². The number of H-pyrrole nitrogens is 1. The first-order valence-electron chi connectivity index (χ1n) is 6.87. The normalized spacial score (nSPS) is 14.6. The number of amides is 1. The second kappa shape index (κ2) is 5.57. The van der Waals surface area contributed by atoms with Gasteiger partial charge in [-0.05, 0) is 31.7 Å². The van der Waals surface area contributed by atoms with Crippen LogP contribution in [0.2, 0.25) is 0 Å². The highest BCUT2D eigenvalue weighted by molar-refractivity contribution is 6.04. The summed E-state index contributed by atoms with van der Waals surface area (Å²) in [6.07, 6.45) is 0.885. The summed E-state index contributed by atoms with van der Waals surface area (Å²) < 4.78 is 5.14. The number of carbonyl (C=O) groups is 1. The molecule has 2 aromatic rings. The van der Waals surface area contributed by atoms with E-state index in [1.165, 1.54) is 0 Å². The standard InChI is InChI=1S/C15H18N4O2/c1-19-7-6-12-13(9-19)17-18-14(12)16-15(20)10-4-3-5-11(8-10)21-2/h3-5,8H,6-7,9H2,1-2H3,(H2,16,17,18,20). The number of aromatic nitrogens is 2. The Hall–Kier alpha value is -2.34. The van der Waals surface area contributed by atoms with E-state index in [2.05, 4.69) is 27.5 Å². The lowest BCUT2D eigenvalue weighted by Crippen LogP contribution is -2.26. The molecule has 0 saturated heterocycles. The molecule has 1 aliphatic rings. The van der Waals surface area contributed by atoms with Crippen LogP contribution in [-0.2, 0) is 13.0 Å². The molecule has 0 unspecified atom stereocenters. The minimum absolute atomic E-state index is 0.179. The lowest BCUT2D eigenvalue weighted by molar-refractivity contribution is 0.102. The van der Waals surface area contributed by atoms with Crippen molar-refractivity contribution in [1.82, 2.24) is 15.1 Å². The van der Waals surface area contributed by atoms with E-state index in [-0.39, 0.29) is 5.91 Å². The van der Waals surface area contributed by atoms with E-state index in [0.29, 0.717) is 17.1 Å². The van der Waals surface area contributed by atoms with Gasteiger partial charge in [0.1, 0.15) is 5.75 Å². The summed E-state index contributed by atoms with van der Waals surface area (Å²) in [6.45, 7) is 1.80. The van der Waals surface area contributed by atoms with Crippen molar-refractivity contribution in [2.24, 2.45) is 0 Å². The van der Waals surface area contributed by atoms with Crippen LogP contribution in [0.25, 0.3) is 0 Å². The Morgan fingerprint density at radius 3 is 3.14 bits per heavy atom. The first-order chi connectivity index (χ1) is 10.2. The number of benzene rings is 1. The molecular weight excluding hydrogens is 268 g/mol. The van der Waals surface area contributed by atoms with Gasteiger partial charge in [0.25, 0.3) is 5.91 Å². The summed E-state index contributed by atoms with van der Waals surface area (Å²) in [5, 5.41) is 10.1. The molecule has 6 nitrogen and oxygen atoms in total. The van der Waals surface area contributed by atoms with Crippen molar-refractivity contribution in [3.63, 3.8) is 0 Å². The molecule has 0 fully saturated rings. The Morgan fingerprint density at radius 1 is 1.48 bits per heavy atom. The molecule has 6 heteroatoms. The van der Waals surface area contributed by atoms with Crippen LogP contribution in [0.5, 0.6) is 5.75 Å². The van der Waals surface area contributed by atoms with Gasteiger partial charge < -0.3 is 15.0 Å². The molecule has 3 rings (SSSR count). The van der Waals surface area contributed by atoms with Gasteiger partial charge in [0.2, 0.25) is 0 Å². The third-order valence-corrected chi connectivity index (χ3v) is 3.69. The van der Waals surface area contributed by atoms with E-state index < -0.39 is 0 Å². The molecule has 0 aliphatic carbocycles. The van der Waals surface area contributed by atoms with Crippen molar-refractivity contribution in [3.05, 3.63) is 41.1 Å². The van der Waals surface area contributed by atoms with Gasteiger partial charge in [0.15, 0.2) is 5.82 Å². The maximum Gasteiger partial charge on any atom is 0.257 e. The van der Waals surface area contributed by atoms with E-state index in [0.717, 1.165) is 30.8 Å². The Morgan fingerprint density at radius 2 is 2.33 bits per heavy atom. The summed E-state index contributed by atoms with van der Waals surface area (Å²) in [5.41, 5.74) is 2.73. The Bertz CT molecular complexity index is 665. The van der Waals surface area contributed by atoms with Gasteiger partial charge in [-0.25, -0.2) is 0 Å². The smallest absolute Gasteiger partial charge is 0.257 e. The van der Waals surface area contributed by atoms with E-state index in [4.69, 9.17) is 4.74 Å². The van der Waals surface area contributed by atoms with Crippen molar-refractivity contribution in [3.8, 4) is 5.75 Å². The fourth-order valence-electron chi connectivity index (χ4n) is 2.50. The van der Waals surface area contributed by atoms with E-state index in [9.17, 15) is 4.79 Å². The number of fused-ring (bicyclic) bond motifs is 1. The highest BCUT2D eigenvalue weighted by Crippen LogP contribution is 2.23. The van der Waals surface area contributed by atoms with Gasteiger partial charge in [0, 0.05) is 24.2 Å². The van der Waals surface area contributed by atoms with Crippen LogP contribution in [0.15, 0.2) is 24.3 Å². The molecule has 2 N–H and O–H groups in total. The van der Waals surface area contributed by atoms with Crippen molar-refractivity contribution in [1.29, 1.82) is 0 Å². The van der Waals surface area contributed by atoms with Gasteiger partial charge in [-0.3, -0.25) is 9.89 Å². The Labute approximate surface area is 123 Å². The quantitative estimate of drug-likeness (QED) is 0.900. The third kappa shape index (κ3) is 2.75. The van der Waals surface area contributed by atoms with Crippen LogP contribution in [0, 0.1) is 0 Å². The maximum absolute atomic E-state index is 12.3. The molecule has 1 aromatic carbocycles. The van der Waals surface area contributed by atoms with Crippen molar-refractivity contribution in [2.75, 3.05) is 26.0 Å². The number of hydrogen-bond acceptors (Lipinski definition) is 4. The third-order valence-electron chi connectivity index (χ3n) is 3.69. The molecule has 110 valence electrons. The van der Waals surface area contributed by atoms with Crippen LogP contribution in [0.3, 0.4) is 0 Å². The predicted molar refractivity (Wildman–Crippen MR) is 79.6 cm³/mol. The molecule has 2 heterocycles. The first-order valence-corrected chi connectivity index (χ1v) is 6.87. The zero-order chi connectivity index (χ0) is 14.8. The largest absolute Gasteiger partial charge is 0.497 e. The maximum atomic E-state index is 12.3. The lowest BCUT2D eigenvalue weighted by atomic mass is 10.1. The van der Waals surface area contributed by atoms with Crippen LogP contribution < -0.4 is 10.1 Å². The number of nitrogens with one attached hydrogen (secondary N) is 2. The number of hydrogen-bond donors (Lipinski definition) is 2. The van der Waals surface area contributed by atoms with E-state index >= 15 is 0 Å². The lowest BCUT2D eigenvalue weighted by Gasteiger charge is -2.21. The van der Waals surface area contributed by atoms with Crippen molar-refractivity contribution in [2.45, 2.75) is 13.0 Å². The number of aromatic amines is 1. The summed E-state index contributed by atoms with van der Waals surface area (Å²) in [6, 6.07) is 7.07. The van der Waals surface area contributed by atoms with Crippen LogP contribution in [-0.4, -0.2) is 41.7 Å². The first kappa shape index (κ1) is 13.6. The van der Waals surface area contributed by atoms with Crippen LogP contribution >= 0.6 is 0 Å².